The van der Waals surface area contributed by atoms with Gasteiger partial charge >= 0.3 is 0 Å². The van der Waals surface area contributed by atoms with E-state index in [2.05, 4.69) is 0 Å². The Morgan fingerprint density at radius 1 is 1.17 bits per heavy atom. The minimum atomic E-state index is -0.254. The summed E-state index contributed by atoms with van der Waals surface area (Å²) < 4.78 is 10.7. The summed E-state index contributed by atoms with van der Waals surface area (Å²) in [6.45, 7) is 1.95. The van der Waals surface area contributed by atoms with Gasteiger partial charge in [0.25, 0.3) is 0 Å². The molecule has 0 radical (unpaired) electrons. The Kier molecular flexibility index (Phi) is 6.90. The summed E-state index contributed by atoms with van der Waals surface area (Å²) in [5, 5.41) is 0. The fourth-order valence-electron chi connectivity index (χ4n) is 2.91. The summed E-state index contributed by atoms with van der Waals surface area (Å²) >= 11 is 0. The van der Waals surface area contributed by atoms with E-state index in [1.807, 2.05) is 29.2 Å². The molecule has 1 aliphatic heterocycles. The van der Waals surface area contributed by atoms with Crippen molar-refractivity contribution in [1.29, 1.82) is 0 Å². The minimum Gasteiger partial charge on any atom is -0.497 e. The molecule has 2 N–H and O–H groups in total. The number of carbonyl (C=O) groups excluding carboxylic acids is 2. The zero-order valence-electron chi connectivity index (χ0n) is 14.2. The first-order valence-corrected chi connectivity index (χ1v) is 8.41. The number of carbonyl (C=O) groups is 2. The number of nitrogens with two attached hydrogens (primary N) is 1. The van der Waals surface area contributed by atoms with E-state index in [4.69, 9.17) is 15.2 Å². The van der Waals surface area contributed by atoms with Crippen LogP contribution in [0, 0.1) is 5.92 Å². The summed E-state index contributed by atoms with van der Waals surface area (Å²) in [5.41, 5.74) is 5.22. The molecular weight excluding hydrogens is 308 g/mol. The lowest BCUT2D eigenvalue weighted by atomic mass is 9.93. The Hall–Kier alpha value is -2.24. The van der Waals surface area contributed by atoms with E-state index in [0.29, 0.717) is 31.8 Å². The number of ether oxygens (including phenoxy) is 2. The van der Waals surface area contributed by atoms with Crippen LogP contribution in [-0.4, -0.2) is 43.5 Å². The highest BCUT2D eigenvalue weighted by atomic mass is 16.5. The second-order valence-electron chi connectivity index (χ2n) is 6.12. The number of rotatable bonds is 8. The average molecular weight is 334 g/mol. The number of amides is 2. The van der Waals surface area contributed by atoms with Crippen molar-refractivity contribution in [3.05, 3.63) is 24.3 Å². The Labute approximate surface area is 142 Å². The Morgan fingerprint density at radius 3 is 2.38 bits per heavy atom. The number of piperidine rings is 1. The molecule has 0 aliphatic carbocycles. The molecule has 1 fully saturated rings. The number of hydrogen-bond acceptors (Lipinski definition) is 4. The summed E-state index contributed by atoms with van der Waals surface area (Å²) in [7, 11) is 1.62. The number of primary amides is 1. The summed E-state index contributed by atoms with van der Waals surface area (Å²) in [5.74, 6) is 1.79. The van der Waals surface area contributed by atoms with Crippen LogP contribution in [0.15, 0.2) is 24.3 Å². The van der Waals surface area contributed by atoms with Crippen LogP contribution < -0.4 is 15.2 Å². The lowest BCUT2D eigenvalue weighted by Gasteiger charge is -2.31. The molecule has 0 saturated carbocycles. The molecular formula is C18H26N2O4. The zero-order chi connectivity index (χ0) is 17.4. The molecule has 0 spiro atoms. The summed E-state index contributed by atoms with van der Waals surface area (Å²) in [4.78, 5) is 25.0. The molecule has 1 aromatic carbocycles. The van der Waals surface area contributed by atoms with Crippen molar-refractivity contribution < 1.29 is 19.1 Å². The van der Waals surface area contributed by atoms with Gasteiger partial charge in [0.05, 0.1) is 13.7 Å². The molecule has 132 valence electrons. The van der Waals surface area contributed by atoms with E-state index in [1.165, 1.54) is 0 Å². The van der Waals surface area contributed by atoms with Crippen LogP contribution in [-0.2, 0) is 9.59 Å². The van der Waals surface area contributed by atoms with Crippen LogP contribution >= 0.6 is 0 Å². The van der Waals surface area contributed by atoms with Gasteiger partial charge in [0, 0.05) is 25.9 Å². The van der Waals surface area contributed by atoms with Crippen molar-refractivity contribution in [2.75, 3.05) is 26.8 Å². The van der Waals surface area contributed by atoms with Crippen LogP contribution in [0.3, 0.4) is 0 Å². The zero-order valence-corrected chi connectivity index (χ0v) is 14.2. The third-order valence-electron chi connectivity index (χ3n) is 4.32. The smallest absolute Gasteiger partial charge is 0.222 e. The van der Waals surface area contributed by atoms with Crippen molar-refractivity contribution in [3.63, 3.8) is 0 Å². The van der Waals surface area contributed by atoms with Gasteiger partial charge in [0.15, 0.2) is 0 Å². The van der Waals surface area contributed by atoms with Gasteiger partial charge in [0.2, 0.25) is 11.8 Å². The summed E-state index contributed by atoms with van der Waals surface area (Å²) in [6.07, 6.45) is 3.31. The van der Waals surface area contributed by atoms with Crippen LogP contribution in [0.25, 0.3) is 0 Å². The first kappa shape index (κ1) is 18.1. The number of benzene rings is 1. The van der Waals surface area contributed by atoms with Crippen molar-refractivity contribution in [3.8, 4) is 11.5 Å². The molecule has 1 saturated heterocycles. The van der Waals surface area contributed by atoms with E-state index in [9.17, 15) is 9.59 Å². The molecule has 0 aromatic heterocycles. The maximum absolute atomic E-state index is 12.2. The minimum absolute atomic E-state index is 0.158. The van der Waals surface area contributed by atoms with Gasteiger partial charge in [0.1, 0.15) is 11.5 Å². The largest absolute Gasteiger partial charge is 0.497 e. The molecule has 24 heavy (non-hydrogen) atoms. The van der Waals surface area contributed by atoms with Gasteiger partial charge in [-0.25, -0.2) is 0 Å². The first-order valence-electron chi connectivity index (χ1n) is 8.41. The van der Waals surface area contributed by atoms with Gasteiger partial charge in [-0.2, -0.15) is 0 Å². The van der Waals surface area contributed by atoms with Crippen LogP contribution in [0.2, 0.25) is 0 Å². The molecule has 0 bridgehead atoms. The maximum atomic E-state index is 12.2. The summed E-state index contributed by atoms with van der Waals surface area (Å²) in [6, 6.07) is 7.39. The molecule has 6 heteroatoms. The lowest BCUT2D eigenvalue weighted by Crippen LogP contribution is -2.39. The van der Waals surface area contributed by atoms with E-state index < -0.39 is 0 Å². The molecule has 2 rings (SSSR count). The fourth-order valence-corrected chi connectivity index (χ4v) is 2.91. The highest BCUT2D eigenvalue weighted by Crippen LogP contribution is 2.21. The van der Waals surface area contributed by atoms with E-state index >= 15 is 0 Å². The predicted octanol–water partition coefficient (Wildman–Crippen LogP) is 1.97. The normalized spacial score (nSPS) is 15.1. The standard InChI is InChI=1S/C18H26N2O4/c1-23-15-4-6-16(7-5-15)24-12-2-3-18(22)20-10-8-14(9-11-20)13-17(19)21/h4-7,14H,2-3,8-13H2,1H3,(H2,19,21). The Bertz CT molecular complexity index is 536. The van der Waals surface area contributed by atoms with E-state index in [1.54, 1.807) is 7.11 Å². The predicted molar refractivity (Wildman–Crippen MR) is 90.8 cm³/mol. The van der Waals surface area contributed by atoms with Gasteiger partial charge in [-0.15, -0.1) is 0 Å². The molecule has 1 aliphatic rings. The number of nitrogens with zero attached hydrogens (tertiary/aromatic N) is 1. The molecule has 1 heterocycles. The monoisotopic (exact) mass is 334 g/mol. The van der Waals surface area contributed by atoms with E-state index in [-0.39, 0.29) is 11.8 Å². The van der Waals surface area contributed by atoms with Crippen molar-refractivity contribution in [2.24, 2.45) is 11.7 Å². The second-order valence-corrected chi connectivity index (χ2v) is 6.12. The fraction of sp³-hybridized carbons (Fsp3) is 0.556. The van der Waals surface area contributed by atoms with Gasteiger partial charge in [-0.05, 0) is 49.4 Å². The average Bonchev–Trinajstić information content (AvgIpc) is 2.59. The number of hydrogen-bond donors (Lipinski definition) is 1. The Balaban J connectivity index is 1.62. The maximum Gasteiger partial charge on any atom is 0.222 e. The lowest BCUT2D eigenvalue weighted by molar-refractivity contribution is -0.132. The third-order valence-corrected chi connectivity index (χ3v) is 4.32. The highest BCUT2D eigenvalue weighted by Gasteiger charge is 2.23. The Morgan fingerprint density at radius 2 is 1.79 bits per heavy atom. The number of methoxy groups -OCH3 is 1. The molecule has 1 aromatic rings. The van der Waals surface area contributed by atoms with Crippen LogP contribution in [0.5, 0.6) is 11.5 Å². The third kappa shape index (κ3) is 5.76. The molecule has 6 nitrogen and oxygen atoms in total. The van der Waals surface area contributed by atoms with Gasteiger partial charge in [-0.3, -0.25) is 9.59 Å². The number of likely N-dealkylation sites (tertiary alicyclic amines) is 1. The highest BCUT2D eigenvalue weighted by molar-refractivity contribution is 5.76. The van der Waals surface area contributed by atoms with Gasteiger partial charge < -0.3 is 20.1 Å². The molecule has 0 atom stereocenters. The SMILES string of the molecule is COc1ccc(OCCCC(=O)N2CCC(CC(N)=O)CC2)cc1. The second kappa shape index (κ2) is 9.15. The van der Waals surface area contributed by atoms with Gasteiger partial charge in [-0.1, -0.05) is 0 Å². The molecule has 2 amide bonds. The van der Waals surface area contributed by atoms with Crippen molar-refractivity contribution in [2.45, 2.75) is 32.1 Å². The topological polar surface area (TPSA) is 81.9 Å². The van der Waals surface area contributed by atoms with Crippen LogP contribution in [0.1, 0.15) is 32.1 Å². The first-order chi connectivity index (χ1) is 11.6. The van der Waals surface area contributed by atoms with E-state index in [0.717, 1.165) is 37.4 Å². The quantitative estimate of drug-likeness (QED) is 0.737. The molecule has 0 unspecified atom stereocenters. The van der Waals surface area contributed by atoms with Crippen molar-refractivity contribution >= 4 is 11.8 Å². The van der Waals surface area contributed by atoms with Crippen molar-refractivity contribution in [1.82, 2.24) is 4.90 Å². The van der Waals surface area contributed by atoms with Crippen LogP contribution in [0.4, 0.5) is 0 Å².